The van der Waals surface area contributed by atoms with E-state index in [2.05, 4.69) is 56.3 Å². The van der Waals surface area contributed by atoms with Gasteiger partial charge in [-0.2, -0.15) is 5.26 Å². The van der Waals surface area contributed by atoms with E-state index in [4.69, 9.17) is 4.98 Å². The summed E-state index contributed by atoms with van der Waals surface area (Å²) in [6, 6.07) is 15.5. The maximum Gasteiger partial charge on any atom is 0.144 e. The van der Waals surface area contributed by atoms with Crippen LogP contribution in [0.2, 0.25) is 0 Å². The Labute approximate surface area is 190 Å². The van der Waals surface area contributed by atoms with Gasteiger partial charge in [0, 0.05) is 5.56 Å². The molecule has 0 amide bonds. The van der Waals surface area contributed by atoms with Crippen LogP contribution in [0.4, 0.5) is 0 Å². The van der Waals surface area contributed by atoms with Crippen molar-refractivity contribution in [1.82, 2.24) is 4.98 Å². The van der Waals surface area contributed by atoms with Gasteiger partial charge in [-0.1, -0.05) is 89.1 Å². The van der Waals surface area contributed by atoms with Crippen LogP contribution >= 0.6 is 0 Å². The second-order valence-corrected chi connectivity index (χ2v) is 9.46. The maximum atomic E-state index is 9.62. The highest BCUT2D eigenvalue weighted by atomic mass is 14.7. The van der Waals surface area contributed by atoms with E-state index in [0.717, 1.165) is 35.6 Å². The van der Waals surface area contributed by atoms with Crippen LogP contribution in [-0.4, -0.2) is 4.98 Å². The largest absolute Gasteiger partial charge is 0.237 e. The van der Waals surface area contributed by atoms with Crippen molar-refractivity contribution in [2.45, 2.75) is 103 Å². The van der Waals surface area contributed by atoms with E-state index < -0.39 is 0 Å². The van der Waals surface area contributed by atoms with E-state index >= 15 is 0 Å². The summed E-state index contributed by atoms with van der Waals surface area (Å²) in [6.07, 6.45) is 16.7. The lowest BCUT2D eigenvalue weighted by molar-refractivity contribution is 0.308. The van der Waals surface area contributed by atoms with Crippen molar-refractivity contribution < 1.29 is 0 Å². The van der Waals surface area contributed by atoms with Gasteiger partial charge in [0.2, 0.25) is 0 Å². The number of benzene rings is 1. The summed E-state index contributed by atoms with van der Waals surface area (Å²) in [5.41, 5.74) is 5.21. The number of rotatable bonds is 11. The van der Waals surface area contributed by atoms with E-state index in [-0.39, 0.29) is 0 Å². The Hall–Kier alpha value is -2.14. The third-order valence-corrected chi connectivity index (χ3v) is 7.11. The molecular formula is C29H40N2. The van der Waals surface area contributed by atoms with Gasteiger partial charge in [-0.25, -0.2) is 4.98 Å². The fourth-order valence-electron chi connectivity index (χ4n) is 5.16. The first-order chi connectivity index (χ1) is 15.2. The Morgan fingerprint density at radius 2 is 1.55 bits per heavy atom. The van der Waals surface area contributed by atoms with Gasteiger partial charge in [0.05, 0.1) is 5.69 Å². The molecule has 0 aliphatic heterocycles. The van der Waals surface area contributed by atoms with Crippen molar-refractivity contribution in [3.63, 3.8) is 0 Å². The Balaban J connectivity index is 1.58. The Bertz CT molecular complexity index is 823. The van der Waals surface area contributed by atoms with E-state index in [9.17, 15) is 5.26 Å². The Kier molecular flexibility index (Phi) is 9.60. The van der Waals surface area contributed by atoms with Crippen molar-refractivity contribution in [1.29, 1.82) is 5.26 Å². The molecule has 1 aromatic heterocycles. The standard InChI is InChI=1S/C29H40N2/c1-3-5-6-7-8-9-11-26-20-21-28(31-29(26)22-30)27-18-16-25(17-19-27)24-14-12-23(10-4-2)13-15-24/h16-21,23-24H,3-15H2,1-2H3. The predicted molar refractivity (Wildman–Crippen MR) is 131 cm³/mol. The van der Waals surface area contributed by atoms with E-state index in [1.54, 1.807) is 0 Å². The highest BCUT2D eigenvalue weighted by Crippen LogP contribution is 2.38. The molecule has 0 saturated heterocycles. The van der Waals surface area contributed by atoms with Gasteiger partial charge in [-0.3, -0.25) is 0 Å². The van der Waals surface area contributed by atoms with Gasteiger partial charge in [0.15, 0.2) is 0 Å². The zero-order valence-corrected chi connectivity index (χ0v) is 19.7. The normalized spacial score (nSPS) is 18.6. The molecule has 1 aromatic carbocycles. The SMILES string of the molecule is CCCCCCCCc1ccc(-c2ccc(C3CCC(CCC)CC3)cc2)nc1C#N. The van der Waals surface area contributed by atoms with Gasteiger partial charge in [-0.05, 0) is 67.6 Å². The number of hydrogen-bond acceptors (Lipinski definition) is 2. The fraction of sp³-hybridized carbons (Fsp3) is 0.586. The highest BCUT2D eigenvalue weighted by molar-refractivity contribution is 5.61. The minimum Gasteiger partial charge on any atom is -0.237 e. The van der Waals surface area contributed by atoms with Crippen LogP contribution in [0.3, 0.4) is 0 Å². The molecule has 166 valence electrons. The number of pyridine rings is 1. The van der Waals surface area contributed by atoms with Gasteiger partial charge in [0.25, 0.3) is 0 Å². The molecule has 3 rings (SSSR count). The molecule has 0 spiro atoms. The molecule has 0 unspecified atom stereocenters. The zero-order valence-electron chi connectivity index (χ0n) is 19.7. The first kappa shape index (κ1) is 23.5. The van der Waals surface area contributed by atoms with Gasteiger partial charge < -0.3 is 0 Å². The molecular weight excluding hydrogens is 376 g/mol. The van der Waals surface area contributed by atoms with Crippen molar-refractivity contribution in [3.05, 3.63) is 53.2 Å². The molecule has 1 aliphatic rings. The first-order valence-electron chi connectivity index (χ1n) is 12.8. The van der Waals surface area contributed by atoms with Gasteiger partial charge in [0.1, 0.15) is 11.8 Å². The van der Waals surface area contributed by atoms with Crippen LogP contribution in [0.5, 0.6) is 0 Å². The summed E-state index contributed by atoms with van der Waals surface area (Å²) >= 11 is 0. The predicted octanol–water partition coefficient (Wildman–Crippen LogP) is 8.60. The summed E-state index contributed by atoms with van der Waals surface area (Å²) < 4.78 is 0. The number of nitriles is 1. The fourth-order valence-corrected chi connectivity index (χ4v) is 5.16. The molecule has 0 bridgehead atoms. The highest BCUT2D eigenvalue weighted by Gasteiger charge is 2.21. The second kappa shape index (κ2) is 12.7. The molecule has 0 atom stereocenters. The number of unbranched alkanes of at least 4 members (excludes halogenated alkanes) is 5. The van der Waals surface area contributed by atoms with Crippen LogP contribution in [0.15, 0.2) is 36.4 Å². The van der Waals surface area contributed by atoms with Crippen molar-refractivity contribution >= 4 is 0 Å². The van der Waals surface area contributed by atoms with Crippen LogP contribution in [0, 0.1) is 17.2 Å². The van der Waals surface area contributed by atoms with Crippen LogP contribution in [0.25, 0.3) is 11.3 Å². The lowest BCUT2D eigenvalue weighted by Gasteiger charge is -2.28. The number of nitrogens with zero attached hydrogens (tertiary/aromatic N) is 2. The van der Waals surface area contributed by atoms with Crippen molar-refractivity contribution in [2.75, 3.05) is 0 Å². The molecule has 2 aromatic rings. The van der Waals surface area contributed by atoms with Gasteiger partial charge >= 0.3 is 0 Å². The third-order valence-electron chi connectivity index (χ3n) is 7.11. The Morgan fingerprint density at radius 3 is 2.23 bits per heavy atom. The summed E-state index contributed by atoms with van der Waals surface area (Å²) in [5, 5.41) is 9.62. The lowest BCUT2D eigenvalue weighted by atomic mass is 9.77. The quantitative estimate of drug-likeness (QED) is 0.344. The zero-order chi connectivity index (χ0) is 21.9. The molecule has 1 aliphatic carbocycles. The van der Waals surface area contributed by atoms with Crippen molar-refractivity contribution in [3.8, 4) is 17.3 Å². The molecule has 1 fully saturated rings. The molecule has 0 N–H and O–H groups in total. The average molecular weight is 417 g/mol. The Morgan fingerprint density at radius 1 is 0.839 bits per heavy atom. The van der Waals surface area contributed by atoms with Crippen LogP contribution in [0.1, 0.15) is 114 Å². The number of hydrogen-bond donors (Lipinski definition) is 0. The smallest absolute Gasteiger partial charge is 0.144 e. The summed E-state index contributed by atoms with van der Waals surface area (Å²) in [5.74, 6) is 1.66. The summed E-state index contributed by atoms with van der Waals surface area (Å²) in [7, 11) is 0. The number of aryl methyl sites for hydroxylation is 1. The second-order valence-electron chi connectivity index (χ2n) is 9.46. The molecule has 31 heavy (non-hydrogen) atoms. The minimum atomic E-state index is 0.601. The first-order valence-corrected chi connectivity index (χ1v) is 12.8. The monoisotopic (exact) mass is 416 g/mol. The molecule has 2 heteroatoms. The third kappa shape index (κ3) is 6.93. The van der Waals surface area contributed by atoms with E-state index in [0.29, 0.717) is 11.6 Å². The maximum absolute atomic E-state index is 9.62. The molecule has 1 saturated carbocycles. The topological polar surface area (TPSA) is 36.7 Å². The van der Waals surface area contributed by atoms with Crippen molar-refractivity contribution in [2.24, 2.45) is 5.92 Å². The minimum absolute atomic E-state index is 0.601. The van der Waals surface area contributed by atoms with Gasteiger partial charge in [-0.15, -0.1) is 0 Å². The average Bonchev–Trinajstić information content (AvgIpc) is 2.82. The molecule has 0 radical (unpaired) electrons. The number of aromatic nitrogens is 1. The van der Waals surface area contributed by atoms with Crippen LogP contribution < -0.4 is 0 Å². The van der Waals surface area contributed by atoms with Crippen LogP contribution in [-0.2, 0) is 6.42 Å². The summed E-state index contributed by atoms with van der Waals surface area (Å²) in [4.78, 5) is 4.70. The lowest BCUT2D eigenvalue weighted by Crippen LogP contribution is -2.13. The molecule has 2 nitrogen and oxygen atoms in total. The van der Waals surface area contributed by atoms with E-state index in [1.165, 1.54) is 76.2 Å². The summed E-state index contributed by atoms with van der Waals surface area (Å²) in [6.45, 7) is 4.55. The molecule has 1 heterocycles. The van der Waals surface area contributed by atoms with E-state index in [1.807, 2.05) is 0 Å².